The minimum Gasteiger partial charge on any atom is -0.481 e. The van der Waals surface area contributed by atoms with Gasteiger partial charge in [0.15, 0.2) is 0 Å². The summed E-state index contributed by atoms with van der Waals surface area (Å²) in [5.74, 6) is -1.23. The molecule has 0 atom stereocenters. The standard InChI is InChI=1S/C12H14ClNO3/c1-8-6-9(2-3-10(8)13)7-14-11(15)4-5-12(16)17/h2-3,6H,4-5,7H2,1H3,(H,14,15)(H,16,17). The number of amides is 1. The van der Waals surface area contributed by atoms with E-state index in [-0.39, 0.29) is 18.7 Å². The molecule has 1 aromatic carbocycles. The number of carboxylic acid groups (broad SMARTS) is 1. The van der Waals surface area contributed by atoms with Crippen LogP contribution in [0, 0.1) is 6.92 Å². The second-order valence-electron chi connectivity index (χ2n) is 3.75. The highest BCUT2D eigenvalue weighted by Gasteiger charge is 2.05. The van der Waals surface area contributed by atoms with Crippen molar-refractivity contribution in [3.05, 3.63) is 34.3 Å². The number of nitrogens with one attached hydrogen (secondary N) is 1. The van der Waals surface area contributed by atoms with Crippen molar-refractivity contribution in [3.8, 4) is 0 Å². The topological polar surface area (TPSA) is 66.4 Å². The van der Waals surface area contributed by atoms with Crippen molar-refractivity contribution in [2.24, 2.45) is 0 Å². The maximum Gasteiger partial charge on any atom is 0.303 e. The first-order valence-electron chi connectivity index (χ1n) is 5.22. The molecule has 1 amide bonds. The summed E-state index contributed by atoms with van der Waals surface area (Å²) in [5, 5.41) is 11.8. The van der Waals surface area contributed by atoms with E-state index in [0.29, 0.717) is 11.6 Å². The SMILES string of the molecule is Cc1cc(CNC(=O)CCC(=O)O)ccc1Cl. The molecule has 1 rings (SSSR count). The molecule has 2 N–H and O–H groups in total. The van der Waals surface area contributed by atoms with Crippen LogP contribution >= 0.6 is 11.6 Å². The number of carbonyl (C=O) groups excluding carboxylic acids is 1. The maximum atomic E-state index is 11.3. The molecule has 0 aliphatic carbocycles. The Morgan fingerprint density at radius 3 is 2.65 bits per heavy atom. The highest BCUT2D eigenvalue weighted by atomic mass is 35.5. The zero-order valence-corrected chi connectivity index (χ0v) is 10.3. The lowest BCUT2D eigenvalue weighted by Crippen LogP contribution is -2.23. The van der Waals surface area contributed by atoms with Gasteiger partial charge in [-0.25, -0.2) is 0 Å². The van der Waals surface area contributed by atoms with Crippen molar-refractivity contribution in [2.45, 2.75) is 26.3 Å². The van der Waals surface area contributed by atoms with Gasteiger partial charge in [0.05, 0.1) is 6.42 Å². The van der Waals surface area contributed by atoms with Crippen molar-refractivity contribution in [2.75, 3.05) is 0 Å². The third-order valence-corrected chi connectivity index (χ3v) is 2.70. The molecule has 0 heterocycles. The number of carboxylic acids is 1. The Balaban J connectivity index is 2.42. The summed E-state index contributed by atoms with van der Waals surface area (Å²) < 4.78 is 0. The summed E-state index contributed by atoms with van der Waals surface area (Å²) in [4.78, 5) is 21.5. The van der Waals surface area contributed by atoms with Crippen LogP contribution in [0.2, 0.25) is 5.02 Å². The number of aryl methyl sites for hydroxylation is 1. The van der Waals surface area contributed by atoms with E-state index >= 15 is 0 Å². The fourth-order valence-corrected chi connectivity index (χ4v) is 1.44. The first-order chi connectivity index (χ1) is 7.99. The van der Waals surface area contributed by atoms with Gasteiger partial charge in [-0.05, 0) is 24.1 Å². The molecule has 0 fully saturated rings. The molecule has 0 aliphatic rings. The molecule has 0 aromatic heterocycles. The average molecular weight is 256 g/mol. The van der Waals surface area contributed by atoms with Crippen molar-refractivity contribution in [3.63, 3.8) is 0 Å². The number of hydrogen-bond acceptors (Lipinski definition) is 2. The number of carbonyl (C=O) groups is 2. The molecule has 92 valence electrons. The highest BCUT2D eigenvalue weighted by Crippen LogP contribution is 2.16. The van der Waals surface area contributed by atoms with Gasteiger partial charge in [0.25, 0.3) is 0 Å². The Morgan fingerprint density at radius 1 is 1.35 bits per heavy atom. The van der Waals surface area contributed by atoms with Crippen LogP contribution in [0.5, 0.6) is 0 Å². The number of aliphatic carboxylic acids is 1. The average Bonchev–Trinajstić information content (AvgIpc) is 2.28. The zero-order chi connectivity index (χ0) is 12.8. The van der Waals surface area contributed by atoms with Gasteiger partial charge in [0.1, 0.15) is 0 Å². The van der Waals surface area contributed by atoms with E-state index in [1.165, 1.54) is 0 Å². The number of hydrogen-bond donors (Lipinski definition) is 2. The molecular weight excluding hydrogens is 242 g/mol. The third-order valence-electron chi connectivity index (χ3n) is 2.28. The van der Waals surface area contributed by atoms with E-state index in [9.17, 15) is 9.59 Å². The summed E-state index contributed by atoms with van der Waals surface area (Å²) in [6, 6.07) is 5.49. The molecule has 0 aliphatic heterocycles. The third kappa shape index (κ3) is 4.87. The smallest absolute Gasteiger partial charge is 0.303 e. The molecule has 0 saturated heterocycles. The molecule has 5 heteroatoms. The number of rotatable bonds is 5. The number of halogens is 1. The second kappa shape index (κ2) is 6.25. The van der Waals surface area contributed by atoms with E-state index in [4.69, 9.17) is 16.7 Å². The van der Waals surface area contributed by atoms with Crippen LogP contribution in [0.4, 0.5) is 0 Å². The van der Waals surface area contributed by atoms with Crippen LogP contribution in [-0.4, -0.2) is 17.0 Å². The Morgan fingerprint density at radius 2 is 2.06 bits per heavy atom. The summed E-state index contributed by atoms with van der Waals surface area (Å²) in [6.07, 6.45) is -0.145. The van der Waals surface area contributed by atoms with Gasteiger partial charge in [-0.1, -0.05) is 23.7 Å². The maximum absolute atomic E-state index is 11.3. The minimum atomic E-state index is -0.970. The molecule has 4 nitrogen and oxygen atoms in total. The van der Waals surface area contributed by atoms with E-state index in [0.717, 1.165) is 11.1 Å². The molecule has 0 radical (unpaired) electrons. The first-order valence-corrected chi connectivity index (χ1v) is 5.60. The van der Waals surface area contributed by atoms with Gasteiger partial charge in [0.2, 0.25) is 5.91 Å². The van der Waals surface area contributed by atoms with Crippen LogP contribution < -0.4 is 5.32 Å². The molecule has 0 unspecified atom stereocenters. The fourth-order valence-electron chi connectivity index (χ4n) is 1.33. The Bertz CT molecular complexity index is 432. The molecule has 0 saturated carbocycles. The highest BCUT2D eigenvalue weighted by molar-refractivity contribution is 6.31. The largest absolute Gasteiger partial charge is 0.481 e. The van der Waals surface area contributed by atoms with Gasteiger partial charge in [-0.3, -0.25) is 9.59 Å². The Hall–Kier alpha value is -1.55. The van der Waals surface area contributed by atoms with E-state index in [1.54, 1.807) is 6.07 Å². The van der Waals surface area contributed by atoms with Gasteiger partial charge in [0, 0.05) is 18.0 Å². The summed E-state index contributed by atoms with van der Waals surface area (Å²) in [7, 11) is 0. The molecular formula is C12H14ClNO3. The van der Waals surface area contributed by atoms with E-state index in [1.807, 2.05) is 19.1 Å². The van der Waals surface area contributed by atoms with Crippen LogP contribution in [0.25, 0.3) is 0 Å². The lowest BCUT2D eigenvalue weighted by atomic mass is 10.1. The van der Waals surface area contributed by atoms with Crippen molar-refractivity contribution in [1.29, 1.82) is 0 Å². The predicted octanol–water partition coefficient (Wildman–Crippen LogP) is 2.13. The molecule has 0 spiro atoms. The summed E-state index contributed by atoms with van der Waals surface area (Å²) in [6.45, 7) is 2.27. The van der Waals surface area contributed by atoms with Crippen molar-refractivity contribution >= 4 is 23.5 Å². The monoisotopic (exact) mass is 255 g/mol. The first kappa shape index (κ1) is 13.5. The van der Waals surface area contributed by atoms with Gasteiger partial charge < -0.3 is 10.4 Å². The van der Waals surface area contributed by atoms with E-state index < -0.39 is 5.97 Å². The van der Waals surface area contributed by atoms with Crippen LogP contribution in [0.1, 0.15) is 24.0 Å². The van der Waals surface area contributed by atoms with Crippen molar-refractivity contribution < 1.29 is 14.7 Å². The van der Waals surface area contributed by atoms with Gasteiger partial charge in [-0.15, -0.1) is 0 Å². The van der Waals surface area contributed by atoms with Crippen LogP contribution in [-0.2, 0) is 16.1 Å². The lowest BCUT2D eigenvalue weighted by molar-refractivity contribution is -0.138. The fraction of sp³-hybridized carbons (Fsp3) is 0.333. The lowest BCUT2D eigenvalue weighted by Gasteiger charge is -2.06. The van der Waals surface area contributed by atoms with Gasteiger partial charge >= 0.3 is 5.97 Å². The number of benzene rings is 1. The van der Waals surface area contributed by atoms with Crippen LogP contribution in [0.15, 0.2) is 18.2 Å². The van der Waals surface area contributed by atoms with Crippen molar-refractivity contribution in [1.82, 2.24) is 5.32 Å². The van der Waals surface area contributed by atoms with Gasteiger partial charge in [-0.2, -0.15) is 0 Å². The second-order valence-corrected chi connectivity index (χ2v) is 4.16. The molecule has 17 heavy (non-hydrogen) atoms. The minimum absolute atomic E-state index is 0.00189. The predicted molar refractivity (Wildman–Crippen MR) is 64.9 cm³/mol. The summed E-state index contributed by atoms with van der Waals surface area (Å²) >= 11 is 5.88. The quantitative estimate of drug-likeness (QED) is 0.847. The Kier molecular flexibility index (Phi) is 4.97. The summed E-state index contributed by atoms with van der Waals surface area (Å²) in [5.41, 5.74) is 1.89. The van der Waals surface area contributed by atoms with Crippen LogP contribution in [0.3, 0.4) is 0 Å². The molecule has 0 bridgehead atoms. The zero-order valence-electron chi connectivity index (χ0n) is 9.50. The van der Waals surface area contributed by atoms with E-state index in [2.05, 4.69) is 5.32 Å². The Labute approximate surface area is 105 Å². The molecule has 1 aromatic rings. The normalized spacial score (nSPS) is 10.0.